The third-order valence-electron chi connectivity index (χ3n) is 3.36. The minimum atomic E-state index is -0.492. The summed E-state index contributed by atoms with van der Waals surface area (Å²) in [7, 11) is 3.29. The summed E-state index contributed by atoms with van der Waals surface area (Å²) < 4.78 is 8.09. The van der Waals surface area contributed by atoms with Crippen LogP contribution in [0.25, 0.3) is 0 Å². The number of aromatic nitrogens is 4. The van der Waals surface area contributed by atoms with Crippen molar-refractivity contribution in [2.45, 2.75) is 26.9 Å². The summed E-state index contributed by atoms with van der Waals surface area (Å²) in [4.78, 5) is 25.8. The number of hydrogen-bond acceptors (Lipinski definition) is 5. The molecule has 0 aromatic carbocycles. The van der Waals surface area contributed by atoms with E-state index in [2.05, 4.69) is 10.2 Å². The van der Waals surface area contributed by atoms with E-state index in [1.807, 2.05) is 13.1 Å². The Balaban J connectivity index is 2.10. The molecule has 8 nitrogen and oxygen atoms in total. The van der Waals surface area contributed by atoms with Crippen LogP contribution in [-0.4, -0.2) is 50.0 Å². The normalized spacial score (nSPS) is 10.6. The molecule has 0 saturated carbocycles. The monoisotopic (exact) mass is 319 g/mol. The van der Waals surface area contributed by atoms with Gasteiger partial charge in [0.2, 0.25) is 0 Å². The van der Waals surface area contributed by atoms with Crippen molar-refractivity contribution >= 4 is 11.9 Å². The summed E-state index contributed by atoms with van der Waals surface area (Å²) >= 11 is 0. The van der Waals surface area contributed by atoms with Crippen LogP contribution in [-0.2, 0) is 24.9 Å². The van der Waals surface area contributed by atoms with E-state index in [1.54, 1.807) is 31.9 Å². The Morgan fingerprint density at radius 3 is 2.70 bits per heavy atom. The molecule has 0 aliphatic rings. The number of nitrogens with zero attached hydrogens (tertiary/aromatic N) is 5. The van der Waals surface area contributed by atoms with Crippen molar-refractivity contribution in [3.05, 3.63) is 35.4 Å². The van der Waals surface area contributed by atoms with Gasteiger partial charge >= 0.3 is 5.97 Å². The highest BCUT2D eigenvalue weighted by molar-refractivity contribution is 5.95. The molecule has 2 rings (SSSR count). The van der Waals surface area contributed by atoms with Crippen LogP contribution in [0.1, 0.15) is 40.4 Å². The molecule has 0 aliphatic heterocycles. The molecule has 0 fully saturated rings. The van der Waals surface area contributed by atoms with Gasteiger partial charge in [-0.3, -0.25) is 14.2 Å². The Bertz CT molecular complexity index is 704. The van der Waals surface area contributed by atoms with Gasteiger partial charge in [-0.2, -0.15) is 10.2 Å². The SMILES string of the molecule is CCOC(=O)c1cc(C(=O)N(C)Cc2cnn(CC)c2)nn1C. The predicted molar refractivity (Wildman–Crippen MR) is 82.9 cm³/mol. The zero-order valence-corrected chi connectivity index (χ0v) is 13.8. The topological polar surface area (TPSA) is 82.2 Å². The number of ether oxygens (including phenoxy) is 1. The third kappa shape index (κ3) is 3.77. The lowest BCUT2D eigenvalue weighted by Crippen LogP contribution is -2.26. The van der Waals surface area contributed by atoms with E-state index in [9.17, 15) is 9.59 Å². The molecule has 124 valence electrons. The van der Waals surface area contributed by atoms with Crippen LogP contribution < -0.4 is 0 Å². The van der Waals surface area contributed by atoms with Crippen molar-refractivity contribution in [3.63, 3.8) is 0 Å². The lowest BCUT2D eigenvalue weighted by Gasteiger charge is -2.14. The van der Waals surface area contributed by atoms with Crippen LogP contribution in [0.5, 0.6) is 0 Å². The molecule has 0 N–H and O–H groups in total. The minimum Gasteiger partial charge on any atom is -0.461 e. The first-order valence-corrected chi connectivity index (χ1v) is 7.44. The highest BCUT2D eigenvalue weighted by atomic mass is 16.5. The van der Waals surface area contributed by atoms with E-state index in [-0.39, 0.29) is 23.9 Å². The van der Waals surface area contributed by atoms with Crippen LogP contribution in [0, 0.1) is 0 Å². The molecule has 23 heavy (non-hydrogen) atoms. The van der Waals surface area contributed by atoms with Gasteiger partial charge in [-0.1, -0.05) is 0 Å². The summed E-state index contributed by atoms with van der Waals surface area (Å²) in [5.41, 5.74) is 1.40. The number of amides is 1. The quantitative estimate of drug-likeness (QED) is 0.744. The fraction of sp³-hybridized carbons (Fsp3) is 0.467. The molecule has 0 aliphatic carbocycles. The van der Waals surface area contributed by atoms with E-state index < -0.39 is 5.97 Å². The average Bonchev–Trinajstić information content (AvgIpc) is 3.13. The molecule has 1 amide bonds. The second-order valence-corrected chi connectivity index (χ2v) is 5.12. The van der Waals surface area contributed by atoms with Crippen molar-refractivity contribution in [3.8, 4) is 0 Å². The number of rotatable bonds is 6. The molecular weight excluding hydrogens is 298 g/mol. The summed E-state index contributed by atoms with van der Waals surface area (Å²) in [6.45, 7) is 5.20. The first-order chi connectivity index (χ1) is 11.0. The van der Waals surface area contributed by atoms with Gasteiger partial charge in [-0.05, 0) is 13.8 Å². The standard InChI is InChI=1S/C15H21N5O3/c1-5-20-10-11(8-16-20)9-18(3)14(21)12-7-13(19(4)17-12)15(22)23-6-2/h7-8,10H,5-6,9H2,1-4H3. The van der Waals surface area contributed by atoms with Crippen LogP contribution in [0.3, 0.4) is 0 Å². The van der Waals surface area contributed by atoms with Gasteiger partial charge < -0.3 is 9.64 Å². The molecule has 0 spiro atoms. The average molecular weight is 319 g/mol. The third-order valence-corrected chi connectivity index (χ3v) is 3.36. The highest BCUT2D eigenvalue weighted by Gasteiger charge is 2.21. The Morgan fingerprint density at radius 2 is 2.09 bits per heavy atom. The molecule has 8 heteroatoms. The fourth-order valence-corrected chi connectivity index (χ4v) is 2.17. The summed E-state index contributed by atoms with van der Waals surface area (Å²) in [5.74, 6) is -0.756. The molecule has 2 aromatic heterocycles. The van der Waals surface area contributed by atoms with E-state index in [1.165, 1.54) is 15.6 Å². The van der Waals surface area contributed by atoms with Gasteiger partial charge in [-0.25, -0.2) is 4.79 Å². The number of hydrogen-bond donors (Lipinski definition) is 0. The van der Waals surface area contributed by atoms with Crippen molar-refractivity contribution in [2.24, 2.45) is 7.05 Å². The molecule has 2 aromatic rings. The maximum Gasteiger partial charge on any atom is 0.356 e. The Labute approximate surface area is 134 Å². The maximum atomic E-state index is 12.4. The first kappa shape index (κ1) is 16.7. The lowest BCUT2D eigenvalue weighted by molar-refractivity contribution is 0.0513. The second kappa shape index (κ2) is 7.08. The minimum absolute atomic E-state index is 0.209. The molecular formula is C15H21N5O3. The van der Waals surface area contributed by atoms with Crippen molar-refractivity contribution in [1.82, 2.24) is 24.5 Å². The number of esters is 1. The molecule has 0 unspecified atom stereocenters. The van der Waals surface area contributed by atoms with Gasteiger partial charge in [0.05, 0.1) is 12.8 Å². The van der Waals surface area contributed by atoms with Crippen molar-refractivity contribution in [1.29, 1.82) is 0 Å². The number of aryl methyl sites for hydroxylation is 2. The maximum absolute atomic E-state index is 12.4. The largest absolute Gasteiger partial charge is 0.461 e. The Morgan fingerprint density at radius 1 is 1.35 bits per heavy atom. The van der Waals surface area contributed by atoms with Gasteiger partial charge in [0, 0.05) is 45.0 Å². The van der Waals surface area contributed by atoms with E-state index in [0.29, 0.717) is 6.54 Å². The van der Waals surface area contributed by atoms with Crippen molar-refractivity contribution < 1.29 is 14.3 Å². The zero-order chi connectivity index (χ0) is 17.0. The van der Waals surface area contributed by atoms with Gasteiger partial charge in [0.15, 0.2) is 5.69 Å². The Kier molecular flexibility index (Phi) is 5.15. The van der Waals surface area contributed by atoms with Crippen molar-refractivity contribution in [2.75, 3.05) is 13.7 Å². The second-order valence-electron chi connectivity index (χ2n) is 5.12. The van der Waals surface area contributed by atoms with Crippen LogP contribution in [0.2, 0.25) is 0 Å². The van der Waals surface area contributed by atoms with Crippen LogP contribution in [0.4, 0.5) is 0 Å². The predicted octanol–water partition coefficient (Wildman–Crippen LogP) is 1.09. The number of carbonyl (C=O) groups excluding carboxylic acids is 2. The number of carbonyl (C=O) groups is 2. The smallest absolute Gasteiger partial charge is 0.356 e. The van der Waals surface area contributed by atoms with Crippen LogP contribution in [0.15, 0.2) is 18.5 Å². The van der Waals surface area contributed by atoms with Gasteiger partial charge in [0.1, 0.15) is 5.69 Å². The summed E-state index contributed by atoms with van der Waals surface area (Å²) in [6.07, 6.45) is 3.63. The van der Waals surface area contributed by atoms with E-state index >= 15 is 0 Å². The van der Waals surface area contributed by atoms with E-state index in [4.69, 9.17) is 4.74 Å². The first-order valence-electron chi connectivity index (χ1n) is 7.44. The molecule has 0 radical (unpaired) electrons. The van der Waals surface area contributed by atoms with E-state index in [0.717, 1.165) is 12.1 Å². The summed E-state index contributed by atoms with van der Waals surface area (Å²) in [6, 6.07) is 1.45. The molecule has 0 atom stereocenters. The lowest BCUT2D eigenvalue weighted by atomic mass is 10.3. The summed E-state index contributed by atoms with van der Waals surface area (Å²) in [5, 5.41) is 8.28. The zero-order valence-electron chi connectivity index (χ0n) is 13.8. The Hall–Kier alpha value is -2.64. The molecule has 0 saturated heterocycles. The molecule has 2 heterocycles. The van der Waals surface area contributed by atoms with Gasteiger partial charge in [-0.15, -0.1) is 0 Å². The fourth-order valence-electron chi connectivity index (χ4n) is 2.17. The highest BCUT2D eigenvalue weighted by Crippen LogP contribution is 2.10. The molecule has 0 bridgehead atoms. The van der Waals surface area contributed by atoms with Crippen LogP contribution >= 0.6 is 0 Å². The van der Waals surface area contributed by atoms with Gasteiger partial charge in [0.25, 0.3) is 5.91 Å².